The van der Waals surface area contributed by atoms with E-state index >= 15 is 0 Å². The van der Waals surface area contributed by atoms with Gasteiger partial charge in [0.25, 0.3) is 0 Å². The van der Waals surface area contributed by atoms with Crippen molar-refractivity contribution in [3.8, 4) is 17.9 Å². The van der Waals surface area contributed by atoms with E-state index in [2.05, 4.69) is 30.9 Å². The van der Waals surface area contributed by atoms with E-state index < -0.39 is 0 Å². The summed E-state index contributed by atoms with van der Waals surface area (Å²) in [6, 6.07) is 1.79. The van der Waals surface area contributed by atoms with Crippen LogP contribution in [-0.2, 0) is 0 Å². The number of rotatable bonds is 0. The van der Waals surface area contributed by atoms with E-state index in [0.29, 0.717) is 5.92 Å². The maximum Gasteiger partial charge on any atom is 0.152 e. The van der Waals surface area contributed by atoms with E-state index in [1.807, 2.05) is 32.1 Å². The Hall–Kier alpha value is -1.73. The smallest absolute Gasteiger partial charge is 0.152 e. The molecule has 0 radical (unpaired) electrons. The van der Waals surface area contributed by atoms with Crippen molar-refractivity contribution < 1.29 is 0 Å². The first-order valence-electron chi connectivity index (χ1n) is 4.79. The van der Waals surface area contributed by atoms with Gasteiger partial charge in [0.05, 0.1) is 0 Å². The van der Waals surface area contributed by atoms with E-state index in [1.54, 1.807) is 6.07 Å². The number of hydrogen-bond acceptors (Lipinski definition) is 1. The molecule has 0 aromatic carbocycles. The molecule has 72 valence electrons. The van der Waals surface area contributed by atoms with Crippen molar-refractivity contribution >= 4 is 0 Å². The van der Waals surface area contributed by atoms with Crippen molar-refractivity contribution in [3.05, 3.63) is 36.0 Å². The maximum absolute atomic E-state index is 8.23. The van der Waals surface area contributed by atoms with E-state index in [4.69, 9.17) is 5.26 Å². The molecular weight excluding hydrogens is 170 g/mol. The Morgan fingerprint density at radius 2 is 2.00 bits per heavy atom. The van der Waals surface area contributed by atoms with Crippen molar-refractivity contribution in [2.75, 3.05) is 0 Å². The number of nitrogens with zero attached hydrogens (tertiary/aromatic N) is 1. The molecule has 0 amide bonds. The average Bonchev–Trinajstić information content (AvgIpc) is 2.43. The lowest BCUT2D eigenvalue weighted by molar-refractivity contribution is 0.942. The lowest BCUT2D eigenvalue weighted by atomic mass is 10.1. The molecule has 0 aromatic heterocycles. The van der Waals surface area contributed by atoms with Gasteiger partial charge >= 0.3 is 0 Å². The van der Waals surface area contributed by atoms with Crippen molar-refractivity contribution in [1.29, 1.82) is 5.26 Å². The molecule has 1 aliphatic rings. The first-order chi connectivity index (χ1) is 6.83. The van der Waals surface area contributed by atoms with Crippen LogP contribution in [0.5, 0.6) is 0 Å². The summed E-state index contributed by atoms with van der Waals surface area (Å²) in [5.41, 5.74) is 0.886. The topological polar surface area (TPSA) is 23.8 Å². The molecule has 0 fully saturated rings. The van der Waals surface area contributed by atoms with Crippen LogP contribution in [0.15, 0.2) is 36.0 Å². The summed E-state index contributed by atoms with van der Waals surface area (Å²) >= 11 is 0. The standard InChI is InChI=1S/C11H9N.C2H6/c1-10-4-2-5-11(8-7-10)6-3-9-12;1-2/h2,4-5,7-8,10H,1H3;1-2H3. The van der Waals surface area contributed by atoms with Gasteiger partial charge in [0.1, 0.15) is 0 Å². The first-order valence-corrected chi connectivity index (χ1v) is 4.79. The third kappa shape index (κ3) is 5.01. The Balaban J connectivity index is 0.000000791. The zero-order valence-electron chi connectivity index (χ0n) is 8.91. The SMILES string of the molecule is CC.CC1C=CC=C(C#CC#N)C=C1. The molecule has 1 nitrogen and oxygen atoms in total. The highest BCUT2D eigenvalue weighted by atomic mass is 14.2. The van der Waals surface area contributed by atoms with Gasteiger partial charge in [-0.1, -0.05) is 44.9 Å². The van der Waals surface area contributed by atoms with E-state index in [9.17, 15) is 0 Å². The quantitative estimate of drug-likeness (QED) is 0.531. The lowest BCUT2D eigenvalue weighted by Gasteiger charge is -1.91. The fourth-order valence-electron chi connectivity index (χ4n) is 0.893. The van der Waals surface area contributed by atoms with E-state index in [0.717, 1.165) is 5.57 Å². The monoisotopic (exact) mass is 185 g/mol. The van der Waals surface area contributed by atoms with E-state index in [1.165, 1.54) is 0 Å². The minimum atomic E-state index is 0.447. The molecule has 1 atom stereocenters. The van der Waals surface area contributed by atoms with Crippen LogP contribution in [-0.4, -0.2) is 0 Å². The van der Waals surface area contributed by atoms with Gasteiger partial charge in [-0.05, 0) is 18.1 Å². The van der Waals surface area contributed by atoms with Gasteiger partial charge in [-0.3, -0.25) is 0 Å². The maximum atomic E-state index is 8.23. The molecule has 0 aromatic rings. The fraction of sp³-hybridized carbons (Fsp3) is 0.308. The molecule has 0 spiro atoms. The molecule has 0 heterocycles. The Morgan fingerprint density at radius 1 is 1.29 bits per heavy atom. The molecule has 1 heteroatoms. The Bertz CT molecular complexity index is 340. The highest BCUT2D eigenvalue weighted by Gasteiger charge is 1.93. The van der Waals surface area contributed by atoms with Gasteiger partial charge < -0.3 is 0 Å². The Morgan fingerprint density at radius 3 is 2.64 bits per heavy atom. The summed E-state index contributed by atoms with van der Waals surface area (Å²) in [5, 5.41) is 8.23. The fourth-order valence-corrected chi connectivity index (χ4v) is 0.893. The largest absolute Gasteiger partial charge is 0.183 e. The number of allylic oxidation sites excluding steroid dienone is 6. The zero-order chi connectivity index (χ0) is 10.8. The minimum absolute atomic E-state index is 0.447. The Labute approximate surface area is 86.4 Å². The molecule has 0 N–H and O–H groups in total. The third-order valence-corrected chi connectivity index (χ3v) is 1.53. The van der Waals surface area contributed by atoms with Crippen LogP contribution in [0.1, 0.15) is 20.8 Å². The van der Waals surface area contributed by atoms with Gasteiger partial charge in [-0.25, -0.2) is 0 Å². The van der Waals surface area contributed by atoms with Gasteiger partial charge in [0, 0.05) is 11.5 Å². The molecule has 0 saturated carbocycles. The van der Waals surface area contributed by atoms with Gasteiger partial charge in [0.15, 0.2) is 6.07 Å². The molecule has 1 unspecified atom stereocenters. The van der Waals surface area contributed by atoms with Crippen LogP contribution in [0.4, 0.5) is 0 Å². The molecule has 0 aliphatic heterocycles. The molecule has 1 aliphatic carbocycles. The highest BCUT2D eigenvalue weighted by Crippen LogP contribution is 2.08. The van der Waals surface area contributed by atoms with Crippen LogP contribution in [0.25, 0.3) is 0 Å². The molecule has 1 rings (SSSR count). The van der Waals surface area contributed by atoms with Gasteiger partial charge in [-0.2, -0.15) is 5.26 Å². The summed E-state index contributed by atoms with van der Waals surface area (Å²) < 4.78 is 0. The number of hydrogen-bond donors (Lipinski definition) is 0. The van der Waals surface area contributed by atoms with Crippen molar-refractivity contribution in [3.63, 3.8) is 0 Å². The van der Waals surface area contributed by atoms with Crippen LogP contribution >= 0.6 is 0 Å². The summed E-state index contributed by atoms with van der Waals surface area (Å²) in [4.78, 5) is 0. The second-order valence-corrected chi connectivity index (χ2v) is 2.59. The Kier molecular flexibility index (Phi) is 6.92. The molecular formula is C13H15N. The summed E-state index contributed by atoms with van der Waals surface area (Å²) in [5.74, 6) is 5.55. The minimum Gasteiger partial charge on any atom is -0.183 e. The average molecular weight is 185 g/mol. The van der Waals surface area contributed by atoms with Crippen LogP contribution in [0, 0.1) is 29.1 Å². The molecule has 0 saturated heterocycles. The van der Waals surface area contributed by atoms with Crippen LogP contribution in [0.3, 0.4) is 0 Å². The second kappa shape index (κ2) is 7.90. The normalized spacial score (nSPS) is 17.6. The lowest BCUT2D eigenvalue weighted by Crippen LogP contribution is -1.78. The van der Waals surface area contributed by atoms with Gasteiger partial charge in [-0.15, -0.1) is 0 Å². The van der Waals surface area contributed by atoms with Crippen molar-refractivity contribution in [2.45, 2.75) is 20.8 Å². The zero-order valence-corrected chi connectivity index (χ0v) is 8.91. The molecule has 0 bridgehead atoms. The van der Waals surface area contributed by atoms with E-state index in [-0.39, 0.29) is 0 Å². The van der Waals surface area contributed by atoms with Crippen LogP contribution in [0.2, 0.25) is 0 Å². The summed E-state index contributed by atoms with van der Waals surface area (Å²) in [7, 11) is 0. The second-order valence-electron chi connectivity index (χ2n) is 2.59. The summed E-state index contributed by atoms with van der Waals surface area (Å²) in [6.07, 6.45) is 9.95. The number of nitriles is 1. The predicted octanol–water partition coefficient (Wildman–Crippen LogP) is 3.23. The highest BCUT2D eigenvalue weighted by molar-refractivity contribution is 5.44. The van der Waals surface area contributed by atoms with Crippen molar-refractivity contribution in [1.82, 2.24) is 0 Å². The predicted molar refractivity (Wildman–Crippen MR) is 60.3 cm³/mol. The summed E-state index contributed by atoms with van der Waals surface area (Å²) in [6.45, 7) is 6.10. The van der Waals surface area contributed by atoms with Crippen LogP contribution < -0.4 is 0 Å². The molecule has 14 heavy (non-hydrogen) atoms. The van der Waals surface area contributed by atoms with Crippen molar-refractivity contribution in [2.24, 2.45) is 5.92 Å². The third-order valence-electron chi connectivity index (χ3n) is 1.53. The first kappa shape index (κ1) is 12.3. The van der Waals surface area contributed by atoms with Gasteiger partial charge in [0.2, 0.25) is 0 Å².